The molecule has 0 aliphatic carbocycles. The Bertz CT molecular complexity index is 259. The Morgan fingerprint density at radius 3 is 2.26 bits per heavy atom. The molecule has 2 unspecified atom stereocenters. The van der Waals surface area contributed by atoms with Crippen LogP contribution < -0.4 is 11.5 Å². The van der Waals surface area contributed by atoms with Crippen LogP contribution in [-0.2, 0) is 9.53 Å². The van der Waals surface area contributed by atoms with Crippen molar-refractivity contribution < 1.29 is 14.6 Å². The normalized spacial score (nSPS) is 16.2. The van der Waals surface area contributed by atoms with E-state index in [1.54, 1.807) is 6.92 Å². The number of rotatable bonds is 10. The summed E-state index contributed by atoms with van der Waals surface area (Å²) in [5.41, 5.74) is 10.5. The van der Waals surface area contributed by atoms with Crippen LogP contribution in [0.2, 0.25) is 0 Å². The van der Waals surface area contributed by atoms with E-state index >= 15 is 0 Å². The maximum Gasteiger partial charge on any atom is 0.340 e. The Hall–Kier alpha value is -0.650. The van der Waals surface area contributed by atoms with E-state index in [-0.39, 0.29) is 5.92 Å². The van der Waals surface area contributed by atoms with Crippen LogP contribution in [0.1, 0.15) is 65.7 Å². The van der Waals surface area contributed by atoms with Crippen LogP contribution >= 0.6 is 0 Å². The molecule has 5 nitrogen and oxygen atoms in total. The van der Waals surface area contributed by atoms with Gasteiger partial charge in [-0.1, -0.05) is 46.5 Å². The molecule has 0 saturated carbocycles. The summed E-state index contributed by atoms with van der Waals surface area (Å²) in [7, 11) is 0. The summed E-state index contributed by atoms with van der Waals surface area (Å²) in [6.45, 7) is 5.94. The van der Waals surface area contributed by atoms with Gasteiger partial charge in [0.1, 0.15) is 0 Å². The number of carbonyl (C=O) groups excluding carboxylic acids is 1. The average Bonchev–Trinajstić information content (AvgIpc) is 2.38. The van der Waals surface area contributed by atoms with Gasteiger partial charge in [-0.05, 0) is 12.8 Å². The lowest BCUT2D eigenvalue weighted by Crippen LogP contribution is -2.49. The number of ether oxygens (including phenoxy) is 1. The first-order chi connectivity index (χ1) is 8.91. The van der Waals surface area contributed by atoms with Crippen molar-refractivity contribution in [3.63, 3.8) is 0 Å². The van der Waals surface area contributed by atoms with Crippen LogP contribution in [-0.4, -0.2) is 23.0 Å². The molecule has 0 aliphatic rings. The molecule has 2 atom stereocenters. The fourth-order valence-corrected chi connectivity index (χ4v) is 2.25. The third-order valence-electron chi connectivity index (χ3n) is 3.59. The molecule has 114 valence electrons. The molecule has 0 fully saturated rings. The van der Waals surface area contributed by atoms with Crippen LogP contribution in [0.15, 0.2) is 0 Å². The van der Waals surface area contributed by atoms with Crippen molar-refractivity contribution >= 4 is 5.97 Å². The van der Waals surface area contributed by atoms with E-state index in [2.05, 4.69) is 6.92 Å². The van der Waals surface area contributed by atoms with Gasteiger partial charge in [-0.2, -0.15) is 0 Å². The molecule has 19 heavy (non-hydrogen) atoms. The average molecular weight is 274 g/mol. The predicted octanol–water partition coefficient (Wildman–Crippen LogP) is 1.87. The van der Waals surface area contributed by atoms with Crippen LogP contribution in [0.3, 0.4) is 0 Å². The van der Waals surface area contributed by atoms with Gasteiger partial charge in [-0.3, -0.25) is 0 Å². The number of hydrogen-bond acceptors (Lipinski definition) is 5. The van der Waals surface area contributed by atoms with Crippen molar-refractivity contribution in [1.29, 1.82) is 0 Å². The summed E-state index contributed by atoms with van der Waals surface area (Å²) in [5, 5.41) is 10.5. The highest BCUT2D eigenvalue weighted by Crippen LogP contribution is 2.30. The second-order valence-corrected chi connectivity index (χ2v) is 5.10. The Kier molecular flexibility index (Phi) is 8.97. The van der Waals surface area contributed by atoms with Crippen LogP contribution in [0.4, 0.5) is 0 Å². The summed E-state index contributed by atoms with van der Waals surface area (Å²) in [4.78, 5) is 11.5. The molecule has 0 radical (unpaired) electrons. The fourth-order valence-electron chi connectivity index (χ4n) is 2.25. The summed E-state index contributed by atoms with van der Waals surface area (Å²) in [5.74, 6) is -2.27. The van der Waals surface area contributed by atoms with Crippen molar-refractivity contribution in [2.24, 2.45) is 17.4 Å². The minimum atomic E-state index is -1.45. The molecule has 0 saturated heterocycles. The monoisotopic (exact) mass is 274 g/mol. The van der Waals surface area contributed by atoms with Gasteiger partial charge < -0.3 is 21.3 Å². The summed E-state index contributed by atoms with van der Waals surface area (Å²) >= 11 is 0. The van der Waals surface area contributed by atoms with Crippen LogP contribution in [0.5, 0.6) is 0 Å². The van der Waals surface area contributed by atoms with Gasteiger partial charge in [0.2, 0.25) is 5.79 Å². The van der Waals surface area contributed by atoms with Crippen molar-refractivity contribution in [2.75, 3.05) is 0 Å². The Morgan fingerprint density at radius 1 is 1.21 bits per heavy atom. The van der Waals surface area contributed by atoms with Crippen molar-refractivity contribution in [3.8, 4) is 0 Å². The quantitative estimate of drug-likeness (QED) is 0.321. The molecule has 0 amide bonds. The molecule has 0 heterocycles. The minimum absolute atomic E-state index is 0.0722. The molecule has 0 aliphatic heterocycles. The Morgan fingerprint density at radius 2 is 1.84 bits per heavy atom. The van der Waals surface area contributed by atoms with Gasteiger partial charge in [-0.25, -0.2) is 4.79 Å². The Balaban J connectivity index is 4.51. The maximum atomic E-state index is 11.5. The fraction of sp³-hybridized carbons (Fsp3) is 0.929. The van der Waals surface area contributed by atoms with E-state index in [4.69, 9.17) is 16.2 Å². The van der Waals surface area contributed by atoms with Crippen LogP contribution in [0, 0.1) is 5.92 Å². The van der Waals surface area contributed by atoms with E-state index in [0.717, 1.165) is 25.7 Å². The van der Waals surface area contributed by atoms with E-state index in [0.29, 0.717) is 6.42 Å². The highest BCUT2D eigenvalue weighted by molar-refractivity contribution is 5.75. The second kappa shape index (κ2) is 9.28. The topological polar surface area (TPSA) is 98.6 Å². The molecule has 0 aromatic rings. The molecule has 0 aromatic heterocycles. The predicted molar refractivity (Wildman–Crippen MR) is 76.0 cm³/mol. The highest BCUT2D eigenvalue weighted by Gasteiger charge is 2.38. The zero-order valence-corrected chi connectivity index (χ0v) is 12.5. The van der Waals surface area contributed by atoms with E-state index in [9.17, 15) is 9.90 Å². The molecule has 0 aromatic carbocycles. The number of nitrogens with two attached hydrogens (primary N) is 2. The van der Waals surface area contributed by atoms with Gasteiger partial charge in [0, 0.05) is 12.3 Å². The highest BCUT2D eigenvalue weighted by atomic mass is 16.7. The van der Waals surface area contributed by atoms with Gasteiger partial charge in [0.05, 0.1) is 0 Å². The lowest BCUT2D eigenvalue weighted by Gasteiger charge is -2.34. The third-order valence-corrected chi connectivity index (χ3v) is 3.59. The summed E-state index contributed by atoms with van der Waals surface area (Å²) in [6.07, 6.45) is 5.27. The van der Waals surface area contributed by atoms with E-state index in [1.807, 2.05) is 6.92 Å². The lowest BCUT2D eigenvalue weighted by atomic mass is 9.88. The van der Waals surface area contributed by atoms with Crippen molar-refractivity contribution in [1.82, 2.24) is 0 Å². The maximum absolute atomic E-state index is 11.5. The largest absolute Gasteiger partial charge is 0.431 e. The van der Waals surface area contributed by atoms with Crippen molar-refractivity contribution in [2.45, 2.75) is 77.7 Å². The minimum Gasteiger partial charge on any atom is -0.431 e. The van der Waals surface area contributed by atoms with Crippen molar-refractivity contribution in [3.05, 3.63) is 0 Å². The van der Waals surface area contributed by atoms with Gasteiger partial charge >= 0.3 is 5.97 Å². The number of unbranched alkanes of at least 4 members (excludes halogenated alkanes) is 3. The number of esters is 1. The lowest BCUT2D eigenvalue weighted by molar-refractivity contribution is -0.236. The number of aliphatic hydroxyl groups is 1. The molecular weight excluding hydrogens is 244 g/mol. The first kappa shape index (κ1) is 18.4. The van der Waals surface area contributed by atoms with E-state index < -0.39 is 17.9 Å². The SMILES string of the molecule is CCCCCCC(CC)C(O)(CC)OC(=O)C(N)N. The molecule has 5 N–H and O–H groups in total. The standard InChI is InChI=1S/C14H30N2O3/c1-4-7-8-9-10-11(5-2)14(18,6-3)19-13(17)12(15)16/h11-12,18H,4-10,15-16H2,1-3H3. The number of hydrogen-bond donors (Lipinski definition) is 3. The smallest absolute Gasteiger partial charge is 0.340 e. The first-order valence-electron chi connectivity index (χ1n) is 7.37. The summed E-state index contributed by atoms with van der Waals surface area (Å²) in [6, 6.07) is 0. The molecule has 5 heteroatoms. The van der Waals surface area contributed by atoms with E-state index in [1.165, 1.54) is 12.8 Å². The second-order valence-electron chi connectivity index (χ2n) is 5.10. The zero-order chi connectivity index (χ0) is 14.9. The molecular formula is C14H30N2O3. The van der Waals surface area contributed by atoms with Crippen LogP contribution in [0.25, 0.3) is 0 Å². The molecule has 0 rings (SSSR count). The number of carbonyl (C=O) groups is 1. The Labute approximate surface area is 116 Å². The summed E-state index contributed by atoms with van der Waals surface area (Å²) < 4.78 is 5.13. The zero-order valence-electron chi connectivity index (χ0n) is 12.5. The van der Waals surface area contributed by atoms with Gasteiger partial charge in [-0.15, -0.1) is 0 Å². The molecule has 0 spiro atoms. The first-order valence-corrected chi connectivity index (χ1v) is 7.37. The molecule has 0 bridgehead atoms. The van der Waals surface area contributed by atoms with Gasteiger partial charge in [0.15, 0.2) is 6.17 Å². The third kappa shape index (κ3) is 6.36. The van der Waals surface area contributed by atoms with Gasteiger partial charge in [0.25, 0.3) is 0 Å².